The van der Waals surface area contributed by atoms with Gasteiger partial charge in [-0.15, -0.1) is 0 Å². The average Bonchev–Trinajstić information content (AvgIpc) is 2.40. The summed E-state index contributed by atoms with van der Waals surface area (Å²) in [7, 11) is 0. The molecule has 2 nitrogen and oxygen atoms in total. The number of aryl methyl sites for hydroxylation is 1. The average molecular weight is 319 g/mol. The fourth-order valence-electron chi connectivity index (χ4n) is 1.96. The van der Waals surface area contributed by atoms with Crippen molar-refractivity contribution >= 4 is 21.7 Å². The zero-order valence-electron chi connectivity index (χ0n) is 11.4. The molecule has 1 aromatic heterocycles. The minimum Gasteiger partial charge on any atom is -0.365 e. The van der Waals surface area contributed by atoms with Gasteiger partial charge in [-0.25, -0.2) is 4.98 Å². The molecule has 2 aromatic rings. The van der Waals surface area contributed by atoms with E-state index in [4.69, 9.17) is 0 Å². The van der Waals surface area contributed by atoms with Crippen LogP contribution in [0, 0.1) is 0 Å². The number of nitrogens with one attached hydrogen (secondary N) is 1. The molecule has 0 aliphatic carbocycles. The van der Waals surface area contributed by atoms with Crippen molar-refractivity contribution in [3.05, 3.63) is 58.7 Å². The van der Waals surface area contributed by atoms with Crippen LogP contribution in [0.5, 0.6) is 0 Å². The van der Waals surface area contributed by atoms with Crippen molar-refractivity contribution < 1.29 is 0 Å². The molecular weight excluding hydrogens is 300 g/mol. The third kappa shape index (κ3) is 4.67. The Morgan fingerprint density at radius 3 is 2.47 bits per heavy atom. The zero-order valence-corrected chi connectivity index (χ0v) is 12.9. The first-order chi connectivity index (χ1) is 9.05. The second-order valence-electron chi connectivity index (χ2n) is 5.36. The molecule has 1 heterocycles. The largest absolute Gasteiger partial charge is 0.365 e. The van der Waals surface area contributed by atoms with E-state index in [1.165, 1.54) is 5.56 Å². The van der Waals surface area contributed by atoms with Gasteiger partial charge in [-0.05, 0) is 60.3 Å². The van der Waals surface area contributed by atoms with Crippen LogP contribution in [-0.4, -0.2) is 10.5 Å². The molecular formula is C16H19BrN2. The molecule has 0 saturated heterocycles. The number of halogens is 1. The van der Waals surface area contributed by atoms with Gasteiger partial charge in [-0.1, -0.05) is 30.3 Å². The Morgan fingerprint density at radius 1 is 1.11 bits per heavy atom. The van der Waals surface area contributed by atoms with Gasteiger partial charge < -0.3 is 5.32 Å². The third-order valence-electron chi connectivity index (χ3n) is 3.08. The van der Waals surface area contributed by atoms with E-state index in [0.29, 0.717) is 0 Å². The number of hydrogen-bond acceptors (Lipinski definition) is 2. The van der Waals surface area contributed by atoms with E-state index in [-0.39, 0.29) is 5.54 Å². The highest BCUT2D eigenvalue weighted by molar-refractivity contribution is 9.10. The van der Waals surface area contributed by atoms with Crippen molar-refractivity contribution in [2.24, 2.45) is 0 Å². The minimum atomic E-state index is 0.0245. The standard InChI is InChI=1S/C16H19BrN2/c1-16(2,11-10-13-6-4-3-5-7-13)19-15-9-8-14(17)12-18-15/h3-9,12H,10-11H2,1-2H3,(H,18,19). The van der Waals surface area contributed by atoms with Crippen molar-refractivity contribution in [2.75, 3.05) is 5.32 Å². The zero-order chi connectivity index (χ0) is 13.7. The highest BCUT2D eigenvalue weighted by Gasteiger charge is 2.17. The predicted molar refractivity (Wildman–Crippen MR) is 84.4 cm³/mol. The van der Waals surface area contributed by atoms with Gasteiger partial charge in [0, 0.05) is 16.2 Å². The topological polar surface area (TPSA) is 24.9 Å². The van der Waals surface area contributed by atoms with E-state index in [9.17, 15) is 0 Å². The molecule has 0 unspecified atom stereocenters. The van der Waals surface area contributed by atoms with Crippen LogP contribution in [0.2, 0.25) is 0 Å². The lowest BCUT2D eigenvalue weighted by Crippen LogP contribution is -2.31. The van der Waals surface area contributed by atoms with Crippen LogP contribution in [0.15, 0.2) is 53.1 Å². The maximum Gasteiger partial charge on any atom is 0.126 e. The molecule has 0 bridgehead atoms. The second kappa shape index (κ2) is 6.20. The first-order valence-corrected chi connectivity index (χ1v) is 7.28. The van der Waals surface area contributed by atoms with Gasteiger partial charge >= 0.3 is 0 Å². The van der Waals surface area contributed by atoms with Crippen molar-refractivity contribution in [3.63, 3.8) is 0 Å². The smallest absolute Gasteiger partial charge is 0.126 e. The fourth-order valence-corrected chi connectivity index (χ4v) is 2.20. The van der Waals surface area contributed by atoms with Gasteiger partial charge in [0.25, 0.3) is 0 Å². The highest BCUT2D eigenvalue weighted by Crippen LogP contribution is 2.20. The molecule has 0 amide bonds. The summed E-state index contributed by atoms with van der Waals surface area (Å²) in [6.45, 7) is 4.42. The Bertz CT molecular complexity index is 506. The Balaban J connectivity index is 1.93. The lowest BCUT2D eigenvalue weighted by molar-refractivity contribution is 0.516. The third-order valence-corrected chi connectivity index (χ3v) is 3.54. The van der Waals surface area contributed by atoms with Crippen molar-refractivity contribution in [2.45, 2.75) is 32.2 Å². The van der Waals surface area contributed by atoms with Gasteiger partial charge in [-0.3, -0.25) is 0 Å². The normalized spacial score (nSPS) is 11.3. The van der Waals surface area contributed by atoms with Gasteiger partial charge in [0.15, 0.2) is 0 Å². The van der Waals surface area contributed by atoms with Gasteiger partial charge in [0.2, 0.25) is 0 Å². The van der Waals surface area contributed by atoms with Crippen molar-refractivity contribution in [1.29, 1.82) is 0 Å². The number of benzene rings is 1. The van der Waals surface area contributed by atoms with E-state index in [1.807, 2.05) is 18.3 Å². The van der Waals surface area contributed by atoms with Crippen LogP contribution in [0.3, 0.4) is 0 Å². The summed E-state index contributed by atoms with van der Waals surface area (Å²) in [6.07, 6.45) is 3.95. The summed E-state index contributed by atoms with van der Waals surface area (Å²) < 4.78 is 1.00. The van der Waals surface area contributed by atoms with Gasteiger partial charge in [0.1, 0.15) is 5.82 Å². The quantitative estimate of drug-likeness (QED) is 0.866. The molecule has 0 fully saturated rings. The van der Waals surface area contributed by atoms with Crippen LogP contribution in [-0.2, 0) is 6.42 Å². The van der Waals surface area contributed by atoms with Crippen LogP contribution in [0.25, 0.3) is 0 Å². The van der Waals surface area contributed by atoms with E-state index in [0.717, 1.165) is 23.1 Å². The van der Waals surface area contributed by atoms with Gasteiger partial charge in [0.05, 0.1) is 0 Å². The van der Waals surface area contributed by atoms with Crippen molar-refractivity contribution in [1.82, 2.24) is 4.98 Å². The molecule has 0 aliphatic rings. The van der Waals surface area contributed by atoms with E-state index < -0.39 is 0 Å². The second-order valence-corrected chi connectivity index (χ2v) is 6.27. The Hall–Kier alpha value is -1.35. The van der Waals surface area contributed by atoms with Crippen LogP contribution in [0.1, 0.15) is 25.8 Å². The van der Waals surface area contributed by atoms with Crippen LogP contribution >= 0.6 is 15.9 Å². The number of pyridine rings is 1. The summed E-state index contributed by atoms with van der Waals surface area (Å²) in [5.74, 6) is 0.918. The molecule has 0 radical (unpaired) electrons. The SMILES string of the molecule is CC(C)(CCc1ccccc1)Nc1ccc(Br)cn1. The highest BCUT2D eigenvalue weighted by atomic mass is 79.9. The summed E-state index contributed by atoms with van der Waals surface area (Å²) in [4.78, 5) is 4.36. The lowest BCUT2D eigenvalue weighted by atomic mass is 9.95. The summed E-state index contributed by atoms with van der Waals surface area (Å²) in [6, 6.07) is 14.6. The maximum atomic E-state index is 4.36. The van der Waals surface area contributed by atoms with Crippen molar-refractivity contribution in [3.8, 4) is 0 Å². The Labute approximate surface area is 123 Å². The lowest BCUT2D eigenvalue weighted by Gasteiger charge is -2.27. The first kappa shape index (κ1) is 14.1. The molecule has 1 aromatic carbocycles. The summed E-state index contributed by atoms with van der Waals surface area (Å²) >= 11 is 3.40. The number of aromatic nitrogens is 1. The Kier molecular flexibility index (Phi) is 4.59. The molecule has 1 N–H and O–H groups in total. The minimum absolute atomic E-state index is 0.0245. The Morgan fingerprint density at radius 2 is 1.84 bits per heavy atom. The van der Waals surface area contributed by atoms with E-state index in [1.54, 1.807) is 0 Å². The molecule has 19 heavy (non-hydrogen) atoms. The molecule has 2 rings (SSSR count). The van der Waals surface area contributed by atoms with Crippen LogP contribution in [0.4, 0.5) is 5.82 Å². The maximum absolute atomic E-state index is 4.36. The van der Waals surface area contributed by atoms with E-state index in [2.05, 4.69) is 70.4 Å². The molecule has 0 spiro atoms. The van der Waals surface area contributed by atoms with Crippen LogP contribution < -0.4 is 5.32 Å². The summed E-state index contributed by atoms with van der Waals surface area (Å²) in [5.41, 5.74) is 1.40. The fraction of sp³-hybridized carbons (Fsp3) is 0.312. The van der Waals surface area contributed by atoms with E-state index >= 15 is 0 Å². The monoisotopic (exact) mass is 318 g/mol. The number of rotatable bonds is 5. The first-order valence-electron chi connectivity index (χ1n) is 6.49. The number of anilines is 1. The molecule has 3 heteroatoms. The molecule has 0 atom stereocenters. The number of hydrogen-bond donors (Lipinski definition) is 1. The molecule has 100 valence electrons. The number of nitrogens with zero attached hydrogens (tertiary/aromatic N) is 1. The molecule has 0 aliphatic heterocycles. The van der Waals surface area contributed by atoms with Gasteiger partial charge in [-0.2, -0.15) is 0 Å². The summed E-state index contributed by atoms with van der Waals surface area (Å²) in [5, 5.41) is 3.48. The molecule has 0 saturated carbocycles. The predicted octanol–water partition coefficient (Wildman–Crippen LogP) is 4.67.